The molecule has 7 nitrogen and oxygen atoms in total. The fourth-order valence-corrected chi connectivity index (χ4v) is 4.73. The molecule has 1 atom stereocenters. The highest BCUT2D eigenvalue weighted by Crippen LogP contribution is 2.45. The van der Waals surface area contributed by atoms with E-state index < -0.39 is 22.8 Å². The Bertz CT molecular complexity index is 876. The van der Waals surface area contributed by atoms with E-state index in [9.17, 15) is 13.8 Å². The molecule has 1 aliphatic carbocycles. The molecule has 1 fully saturated rings. The molecule has 2 aliphatic rings. The number of benzene rings is 1. The highest BCUT2D eigenvalue weighted by molar-refractivity contribution is 7.80. The third-order valence-corrected chi connectivity index (χ3v) is 6.62. The highest BCUT2D eigenvalue weighted by Gasteiger charge is 2.50. The molecule has 1 spiro atoms. The Hall–Kier alpha value is -1.90. The third-order valence-electron chi connectivity index (χ3n) is 5.37. The fraction of sp³-hybridized carbons (Fsp3) is 0.500. The van der Waals surface area contributed by atoms with E-state index in [-0.39, 0.29) is 28.9 Å². The van der Waals surface area contributed by atoms with Crippen molar-refractivity contribution in [1.82, 2.24) is 5.32 Å². The van der Waals surface area contributed by atoms with E-state index in [0.29, 0.717) is 29.2 Å². The highest BCUT2D eigenvalue weighted by atomic mass is 35.5. The van der Waals surface area contributed by atoms with Gasteiger partial charge >= 0.3 is 6.16 Å². The molecule has 158 valence electrons. The van der Waals surface area contributed by atoms with Crippen molar-refractivity contribution in [3.63, 3.8) is 0 Å². The van der Waals surface area contributed by atoms with Crippen LogP contribution in [0.2, 0.25) is 5.02 Å². The first-order valence-electron chi connectivity index (χ1n) is 9.49. The second-order valence-electron chi connectivity index (χ2n) is 7.25. The smallest absolute Gasteiger partial charge is 0.434 e. The Morgan fingerprint density at radius 2 is 2.03 bits per heavy atom. The molecule has 9 heteroatoms. The van der Waals surface area contributed by atoms with Gasteiger partial charge in [-0.3, -0.25) is 8.98 Å². The van der Waals surface area contributed by atoms with Crippen molar-refractivity contribution < 1.29 is 27.5 Å². The van der Waals surface area contributed by atoms with Gasteiger partial charge in [0, 0.05) is 5.56 Å². The van der Waals surface area contributed by atoms with Crippen molar-refractivity contribution in [3.8, 4) is 0 Å². The van der Waals surface area contributed by atoms with Crippen molar-refractivity contribution in [3.05, 3.63) is 34.5 Å². The maximum absolute atomic E-state index is 13.0. The zero-order valence-electron chi connectivity index (χ0n) is 16.6. The molecular weight excluding hydrogens is 418 g/mol. The summed E-state index contributed by atoms with van der Waals surface area (Å²) in [4.78, 5) is 25.5. The van der Waals surface area contributed by atoms with Gasteiger partial charge in [0.15, 0.2) is 16.8 Å². The van der Waals surface area contributed by atoms with Crippen LogP contribution in [-0.4, -0.2) is 35.5 Å². The van der Waals surface area contributed by atoms with Gasteiger partial charge in [-0.2, -0.15) is 0 Å². The number of amides is 1. The number of rotatable bonds is 5. The number of ether oxygens (including phenoxy) is 2. The first-order valence-corrected chi connectivity index (χ1v) is 10.9. The number of carbonyl (C=O) groups is 2. The minimum absolute atomic E-state index is 0.158. The molecule has 1 N–H and O–H groups in total. The molecule has 1 aliphatic heterocycles. The molecule has 0 saturated heterocycles. The van der Waals surface area contributed by atoms with Gasteiger partial charge in [-0.05, 0) is 50.7 Å². The summed E-state index contributed by atoms with van der Waals surface area (Å²) in [7, 11) is 1.32. The largest absolute Gasteiger partial charge is 0.513 e. The predicted molar refractivity (Wildman–Crippen MR) is 108 cm³/mol. The zero-order valence-corrected chi connectivity index (χ0v) is 18.2. The molecule has 29 heavy (non-hydrogen) atoms. The Balaban J connectivity index is 2.09. The first-order chi connectivity index (χ1) is 13.8. The summed E-state index contributed by atoms with van der Waals surface area (Å²) >= 11 is 4.75. The molecule has 1 aromatic carbocycles. The summed E-state index contributed by atoms with van der Waals surface area (Å²) in [6.07, 6.45) is 2.23. The predicted octanol–water partition coefficient (Wildman–Crippen LogP) is 3.97. The van der Waals surface area contributed by atoms with Crippen LogP contribution in [0.25, 0.3) is 5.57 Å². The van der Waals surface area contributed by atoms with E-state index in [1.807, 2.05) is 0 Å². The lowest BCUT2D eigenvalue weighted by Gasteiger charge is -2.37. The Kier molecular flexibility index (Phi) is 6.65. The first kappa shape index (κ1) is 21.8. The number of nitrogens with one attached hydrogen (secondary N) is 1. The molecule has 0 bridgehead atoms. The van der Waals surface area contributed by atoms with E-state index in [1.165, 1.54) is 13.2 Å². The maximum atomic E-state index is 13.0. The van der Waals surface area contributed by atoms with E-state index in [1.54, 1.807) is 19.1 Å². The summed E-state index contributed by atoms with van der Waals surface area (Å²) in [6, 6.07) is 4.63. The van der Waals surface area contributed by atoms with Gasteiger partial charge in [-0.1, -0.05) is 24.6 Å². The Morgan fingerprint density at radius 1 is 1.34 bits per heavy atom. The van der Waals surface area contributed by atoms with Crippen LogP contribution < -0.4 is 5.32 Å². The minimum Gasteiger partial charge on any atom is -0.434 e. The van der Waals surface area contributed by atoms with Crippen LogP contribution in [0.4, 0.5) is 4.79 Å². The van der Waals surface area contributed by atoms with Crippen LogP contribution in [0.3, 0.4) is 0 Å². The zero-order chi connectivity index (χ0) is 21.2. The normalized spacial score (nSPS) is 25.1. The SMILES string of the molecule is CCOC(=O)OC1=C(c2ccc(S(=O)OC)cc2Cl)C(=O)NC12CCC(C)CC2. The standard InChI is InChI=1S/C20H24ClNO6S/c1-4-27-19(24)28-17-16(14-6-5-13(11-15(14)21)29(25)26-3)18(23)22-20(17)9-7-12(2)8-10-20/h5-6,11-12H,4,7-10H2,1-3H3,(H,22,23). The quantitative estimate of drug-likeness (QED) is 0.695. The molecule has 1 aromatic rings. The van der Waals surface area contributed by atoms with Gasteiger partial charge in [-0.15, -0.1) is 0 Å². The monoisotopic (exact) mass is 441 g/mol. The van der Waals surface area contributed by atoms with Crippen molar-refractivity contribution in [2.45, 2.75) is 50.0 Å². The number of carbonyl (C=O) groups excluding carboxylic acids is 2. The second-order valence-corrected chi connectivity index (χ2v) is 8.93. The number of hydrogen-bond donors (Lipinski definition) is 1. The topological polar surface area (TPSA) is 90.9 Å². The van der Waals surface area contributed by atoms with E-state index in [2.05, 4.69) is 12.2 Å². The lowest BCUT2D eigenvalue weighted by molar-refractivity contribution is -0.116. The summed E-state index contributed by atoms with van der Waals surface area (Å²) in [5, 5.41) is 3.23. The molecule has 3 rings (SSSR count). The summed E-state index contributed by atoms with van der Waals surface area (Å²) in [5.74, 6) is 0.411. The molecule has 1 heterocycles. The molecule has 1 unspecified atom stereocenters. The van der Waals surface area contributed by atoms with Gasteiger partial charge in [0.25, 0.3) is 5.91 Å². The van der Waals surface area contributed by atoms with E-state index in [4.69, 9.17) is 25.3 Å². The van der Waals surface area contributed by atoms with Crippen molar-refractivity contribution >= 4 is 40.3 Å². The molecule has 1 amide bonds. The average molecular weight is 442 g/mol. The lowest BCUT2D eigenvalue weighted by atomic mass is 9.76. The van der Waals surface area contributed by atoms with E-state index >= 15 is 0 Å². The second kappa shape index (κ2) is 8.85. The summed E-state index contributed by atoms with van der Waals surface area (Å²) in [6.45, 7) is 4.00. The molecular formula is C20H24ClNO6S. The molecule has 0 radical (unpaired) electrons. The third kappa shape index (κ3) is 4.34. The Labute approximate surface area is 177 Å². The van der Waals surface area contributed by atoms with E-state index in [0.717, 1.165) is 12.8 Å². The van der Waals surface area contributed by atoms with Crippen LogP contribution >= 0.6 is 11.6 Å². The van der Waals surface area contributed by atoms with Crippen LogP contribution in [-0.2, 0) is 29.5 Å². The van der Waals surface area contributed by atoms with Gasteiger partial charge in [0.2, 0.25) is 0 Å². The van der Waals surface area contributed by atoms with Crippen LogP contribution in [0.15, 0.2) is 28.9 Å². The lowest BCUT2D eigenvalue weighted by Crippen LogP contribution is -2.47. The Morgan fingerprint density at radius 3 is 2.62 bits per heavy atom. The average Bonchev–Trinajstić information content (AvgIpc) is 2.95. The van der Waals surface area contributed by atoms with Crippen molar-refractivity contribution in [2.75, 3.05) is 13.7 Å². The van der Waals surface area contributed by atoms with Gasteiger partial charge < -0.3 is 14.8 Å². The maximum Gasteiger partial charge on any atom is 0.513 e. The fourth-order valence-electron chi connectivity index (χ4n) is 3.81. The number of halogens is 1. The molecule has 1 saturated carbocycles. The van der Waals surface area contributed by atoms with Gasteiger partial charge in [0.1, 0.15) is 0 Å². The van der Waals surface area contributed by atoms with Crippen molar-refractivity contribution in [1.29, 1.82) is 0 Å². The van der Waals surface area contributed by atoms with Crippen LogP contribution in [0.1, 0.15) is 45.1 Å². The number of hydrogen-bond acceptors (Lipinski definition) is 6. The van der Waals surface area contributed by atoms with Gasteiger partial charge in [0.05, 0.1) is 34.7 Å². The molecule has 0 aromatic heterocycles. The summed E-state index contributed by atoms with van der Waals surface area (Å²) < 4.78 is 27.2. The van der Waals surface area contributed by atoms with Crippen molar-refractivity contribution in [2.24, 2.45) is 5.92 Å². The van der Waals surface area contributed by atoms with Gasteiger partial charge in [-0.25, -0.2) is 9.00 Å². The minimum atomic E-state index is -1.66. The van der Waals surface area contributed by atoms with Crippen LogP contribution in [0.5, 0.6) is 0 Å². The summed E-state index contributed by atoms with van der Waals surface area (Å²) in [5.41, 5.74) is -0.161. The van der Waals surface area contributed by atoms with Crippen LogP contribution in [0, 0.1) is 5.92 Å².